The molecule has 2 amide bonds. The van der Waals surface area contributed by atoms with Crippen molar-refractivity contribution >= 4 is 44.2 Å². The van der Waals surface area contributed by atoms with Crippen molar-refractivity contribution in [2.75, 3.05) is 10.6 Å². The first-order valence-corrected chi connectivity index (χ1v) is 12.7. The number of nitrogens with two attached hydrogens (primary N) is 1. The van der Waals surface area contributed by atoms with Crippen LogP contribution >= 0.6 is 11.3 Å². The number of benzene rings is 3. The first-order valence-electron chi connectivity index (χ1n) is 11.8. The van der Waals surface area contributed by atoms with Crippen LogP contribution in [0, 0.1) is 17.2 Å². The topological polar surface area (TPSA) is 130 Å². The molecule has 1 heterocycles. The number of rotatable bonds is 7. The largest absolute Gasteiger partial charge is 0.456 e. The zero-order valence-corrected chi connectivity index (χ0v) is 21.2. The number of anilines is 2. The SMILES string of the molecule is CC(C)(N)c1cccc(C(=O)Nc2cccc(Oc3ccc4nc(NC(=O)C5CC5)sc4c3C#N)c2)c1. The van der Waals surface area contributed by atoms with Crippen molar-refractivity contribution in [3.05, 3.63) is 77.4 Å². The Hall–Kier alpha value is -4.26. The predicted octanol–water partition coefficient (Wildman–Crippen LogP) is 5.75. The molecule has 5 rings (SSSR count). The number of amides is 2. The van der Waals surface area contributed by atoms with Crippen LogP contribution in [0.1, 0.15) is 48.2 Å². The second-order valence-electron chi connectivity index (χ2n) is 9.57. The minimum Gasteiger partial charge on any atom is -0.456 e. The molecule has 37 heavy (non-hydrogen) atoms. The van der Waals surface area contributed by atoms with Crippen LogP contribution in [0.25, 0.3) is 10.2 Å². The van der Waals surface area contributed by atoms with Crippen LogP contribution in [-0.4, -0.2) is 16.8 Å². The van der Waals surface area contributed by atoms with Crippen molar-refractivity contribution < 1.29 is 14.3 Å². The maximum absolute atomic E-state index is 12.9. The van der Waals surface area contributed by atoms with Gasteiger partial charge in [0.2, 0.25) is 5.91 Å². The van der Waals surface area contributed by atoms with E-state index < -0.39 is 5.54 Å². The van der Waals surface area contributed by atoms with Crippen LogP contribution in [0.4, 0.5) is 10.8 Å². The molecule has 4 aromatic rings. The molecule has 1 aliphatic carbocycles. The van der Waals surface area contributed by atoms with Crippen molar-refractivity contribution in [1.29, 1.82) is 5.26 Å². The quantitative estimate of drug-likeness (QED) is 0.289. The summed E-state index contributed by atoms with van der Waals surface area (Å²) in [6.07, 6.45) is 1.80. The number of nitrogens with one attached hydrogen (secondary N) is 2. The Kier molecular flexibility index (Phi) is 6.38. The summed E-state index contributed by atoms with van der Waals surface area (Å²) in [6, 6.07) is 19.8. The number of carbonyl (C=O) groups excluding carboxylic acids is 2. The average molecular weight is 512 g/mol. The number of carbonyl (C=O) groups is 2. The van der Waals surface area contributed by atoms with E-state index in [0.717, 1.165) is 18.4 Å². The van der Waals surface area contributed by atoms with Gasteiger partial charge < -0.3 is 21.1 Å². The fourth-order valence-corrected chi connectivity index (χ4v) is 4.76. The number of nitrogens with zero attached hydrogens (tertiary/aromatic N) is 2. The Morgan fingerprint density at radius 2 is 1.89 bits per heavy atom. The van der Waals surface area contributed by atoms with Crippen molar-refractivity contribution in [3.63, 3.8) is 0 Å². The number of hydrogen-bond acceptors (Lipinski definition) is 7. The van der Waals surface area contributed by atoms with Gasteiger partial charge in [-0.1, -0.05) is 29.5 Å². The third-order valence-electron chi connectivity index (χ3n) is 6.00. The smallest absolute Gasteiger partial charge is 0.255 e. The highest BCUT2D eigenvalue weighted by molar-refractivity contribution is 7.22. The third-order valence-corrected chi connectivity index (χ3v) is 7.00. The van der Waals surface area contributed by atoms with E-state index in [0.29, 0.717) is 43.7 Å². The summed E-state index contributed by atoms with van der Waals surface area (Å²) in [5, 5.41) is 16.0. The van der Waals surface area contributed by atoms with Crippen LogP contribution in [-0.2, 0) is 10.3 Å². The molecule has 8 nitrogen and oxygen atoms in total. The van der Waals surface area contributed by atoms with Gasteiger partial charge >= 0.3 is 0 Å². The highest BCUT2D eigenvalue weighted by Crippen LogP contribution is 2.37. The van der Waals surface area contributed by atoms with E-state index in [1.54, 1.807) is 54.6 Å². The molecule has 0 spiro atoms. The van der Waals surface area contributed by atoms with E-state index in [9.17, 15) is 14.9 Å². The molecule has 1 saturated carbocycles. The summed E-state index contributed by atoms with van der Waals surface area (Å²) in [4.78, 5) is 29.4. The number of hydrogen-bond donors (Lipinski definition) is 3. The summed E-state index contributed by atoms with van der Waals surface area (Å²) < 4.78 is 6.68. The lowest BCUT2D eigenvalue weighted by Gasteiger charge is -2.19. The lowest BCUT2D eigenvalue weighted by molar-refractivity contribution is -0.117. The van der Waals surface area contributed by atoms with Crippen LogP contribution in [0.3, 0.4) is 0 Å². The maximum atomic E-state index is 12.9. The summed E-state index contributed by atoms with van der Waals surface area (Å²) in [6.45, 7) is 3.77. The molecular formula is C28H25N5O3S. The van der Waals surface area contributed by atoms with E-state index in [1.807, 2.05) is 19.9 Å². The number of ether oxygens (including phenoxy) is 1. The highest BCUT2D eigenvalue weighted by Gasteiger charge is 2.30. The van der Waals surface area contributed by atoms with Crippen LogP contribution in [0.5, 0.6) is 11.5 Å². The molecular weight excluding hydrogens is 486 g/mol. The summed E-state index contributed by atoms with van der Waals surface area (Å²) >= 11 is 1.25. The monoisotopic (exact) mass is 511 g/mol. The molecule has 0 unspecified atom stereocenters. The Balaban J connectivity index is 1.35. The molecule has 0 bridgehead atoms. The van der Waals surface area contributed by atoms with Gasteiger partial charge in [0.15, 0.2) is 5.13 Å². The normalized spacial score (nSPS) is 13.1. The predicted molar refractivity (Wildman–Crippen MR) is 144 cm³/mol. The van der Waals surface area contributed by atoms with E-state index in [1.165, 1.54) is 11.3 Å². The fraction of sp³-hybridized carbons (Fsp3) is 0.214. The minimum absolute atomic E-state index is 0.0358. The molecule has 0 saturated heterocycles. The summed E-state index contributed by atoms with van der Waals surface area (Å²) in [5.41, 5.74) is 8.45. The van der Waals surface area contributed by atoms with Crippen molar-refractivity contribution in [1.82, 2.24) is 4.98 Å². The molecule has 9 heteroatoms. The van der Waals surface area contributed by atoms with Gasteiger partial charge in [0.1, 0.15) is 23.1 Å². The van der Waals surface area contributed by atoms with Crippen LogP contribution in [0.15, 0.2) is 60.7 Å². The summed E-state index contributed by atoms with van der Waals surface area (Å²) in [7, 11) is 0. The molecule has 186 valence electrons. The number of aromatic nitrogens is 1. The van der Waals surface area contributed by atoms with Gasteiger partial charge in [-0.2, -0.15) is 5.26 Å². The molecule has 0 aliphatic heterocycles. The molecule has 0 atom stereocenters. The Labute approximate surface area is 218 Å². The Morgan fingerprint density at radius 3 is 2.62 bits per heavy atom. The van der Waals surface area contributed by atoms with E-state index in [4.69, 9.17) is 10.5 Å². The lowest BCUT2D eigenvalue weighted by atomic mass is 9.94. The minimum atomic E-state index is -0.564. The maximum Gasteiger partial charge on any atom is 0.255 e. The fourth-order valence-electron chi connectivity index (χ4n) is 3.80. The van der Waals surface area contributed by atoms with Gasteiger partial charge in [-0.25, -0.2) is 4.98 Å². The Bertz CT molecular complexity index is 1560. The van der Waals surface area contributed by atoms with Gasteiger partial charge in [0.05, 0.1) is 10.2 Å². The van der Waals surface area contributed by atoms with Gasteiger partial charge in [-0.15, -0.1) is 0 Å². The molecule has 0 radical (unpaired) electrons. The van der Waals surface area contributed by atoms with Crippen molar-refractivity contribution in [2.24, 2.45) is 11.7 Å². The van der Waals surface area contributed by atoms with Crippen molar-refractivity contribution in [3.8, 4) is 17.6 Å². The average Bonchev–Trinajstić information content (AvgIpc) is 3.64. The third kappa shape index (κ3) is 5.45. The second-order valence-corrected chi connectivity index (χ2v) is 10.6. The van der Waals surface area contributed by atoms with E-state index in [-0.39, 0.29) is 17.7 Å². The zero-order valence-electron chi connectivity index (χ0n) is 20.4. The standard InChI is InChI=1S/C28H25N5O3S/c1-28(2,30)18-6-3-5-17(13-18)26(35)31-19-7-4-8-20(14-19)36-23-12-11-22-24(21(23)15-29)37-27(32-22)33-25(34)16-9-10-16/h3-8,11-14,16H,9-10,30H2,1-2H3,(H,31,35)(H,32,33,34). The molecule has 1 aliphatic rings. The molecule has 4 N–H and O–H groups in total. The van der Waals surface area contributed by atoms with Crippen LogP contribution < -0.4 is 21.1 Å². The number of nitriles is 1. The summed E-state index contributed by atoms with van der Waals surface area (Å²) in [5.74, 6) is 0.571. The van der Waals surface area contributed by atoms with E-state index in [2.05, 4.69) is 21.7 Å². The second kappa shape index (κ2) is 9.65. The van der Waals surface area contributed by atoms with Gasteiger partial charge in [0.25, 0.3) is 5.91 Å². The van der Waals surface area contributed by atoms with E-state index >= 15 is 0 Å². The van der Waals surface area contributed by atoms with Crippen LogP contribution in [0.2, 0.25) is 0 Å². The number of fused-ring (bicyclic) bond motifs is 1. The first kappa shape index (κ1) is 24.4. The molecule has 1 fully saturated rings. The zero-order chi connectivity index (χ0) is 26.2. The van der Waals surface area contributed by atoms with Gasteiger partial charge in [-0.3, -0.25) is 9.59 Å². The lowest BCUT2D eigenvalue weighted by Crippen LogP contribution is -2.29. The Morgan fingerprint density at radius 1 is 1.11 bits per heavy atom. The number of thiazole rings is 1. The van der Waals surface area contributed by atoms with Crippen molar-refractivity contribution in [2.45, 2.75) is 32.2 Å². The highest BCUT2D eigenvalue weighted by atomic mass is 32.1. The van der Waals surface area contributed by atoms with Gasteiger partial charge in [0, 0.05) is 28.8 Å². The molecule has 1 aromatic heterocycles. The first-order chi connectivity index (χ1) is 17.7. The van der Waals surface area contributed by atoms with Gasteiger partial charge in [-0.05, 0) is 68.7 Å². The molecule has 3 aromatic carbocycles.